The molecule has 106 valence electrons. The quantitative estimate of drug-likeness (QED) is 0.807. The van der Waals surface area contributed by atoms with E-state index in [1.807, 2.05) is 0 Å². The first kappa shape index (κ1) is 14.6. The normalized spacial score (nSPS) is 17.9. The van der Waals surface area contributed by atoms with Gasteiger partial charge in [0.25, 0.3) is 0 Å². The van der Waals surface area contributed by atoms with E-state index >= 15 is 0 Å². The Hall–Kier alpha value is -0.840. The molecule has 0 spiro atoms. The summed E-state index contributed by atoms with van der Waals surface area (Å²) in [6.45, 7) is 5.54. The molecule has 1 aliphatic rings. The van der Waals surface area contributed by atoms with Gasteiger partial charge in [0.05, 0.1) is 0 Å². The topological polar surface area (TPSA) is 63.8 Å². The van der Waals surface area contributed by atoms with Crippen LogP contribution in [0.1, 0.15) is 46.0 Å². The number of nitrogen functional groups attached to an aromatic ring is 1. The molecule has 0 aliphatic heterocycles. The van der Waals surface area contributed by atoms with Gasteiger partial charge < -0.3 is 11.1 Å². The highest BCUT2D eigenvalue weighted by Crippen LogP contribution is 2.43. The number of nitrogens with two attached hydrogens (primary N) is 1. The maximum atomic E-state index is 5.74. The number of rotatable bonds is 5. The molecule has 1 aromatic heterocycles. The number of nitrogens with zero attached hydrogens (tertiary/aromatic N) is 2. The zero-order chi connectivity index (χ0) is 13.9. The van der Waals surface area contributed by atoms with Crippen molar-refractivity contribution < 1.29 is 0 Å². The molecule has 5 heteroatoms. The lowest BCUT2D eigenvalue weighted by Crippen LogP contribution is -2.29. The Balaban J connectivity index is 2.02. The van der Waals surface area contributed by atoms with Crippen LogP contribution in [-0.2, 0) is 0 Å². The lowest BCUT2D eigenvalue weighted by molar-refractivity contribution is 0.252. The highest BCUT2D eigenvalue weighted by atomic mass is 79.9. The molecule has 1 saturated carbocycles. The third-order valence-corrected chi connectivity index (χ3v) is 4.25. The lowest BCUT2D eigenvalue weighted by Gasteiger charge is -2.31. The van der Waals surface area contributed by atoms with Crippen LogP contribution in [0.3, 0.4) is 0 Å². The van der Waals surface area contributed by atoms with Gasteiger partial charge in [-0.2, -0.15) is 4.98 Å². The van der Waals surface area contributed by atoms with Gasteiger partial charge in [0.1, 0.15) is 10.4 Å². The fraction of sp³-hybridized carbons (Fsp3) is 0.714. The summed E-state index contributed by atoms with van der Waals surface area (Å²) in [7, 11) is 0. The highest BCUT2D eigenvalue weighted by molar-refractivity contribution is 9.10. The fourth-order valence-corrected chi connectivity index (χ4v) is 3.63. The molecule has 19 heavy (non-hydrogen) atoms. The average molecular weight is 327 g/mol. The predicted molar refractivity (Wildman–Crippen MR) is 83.0 cm³/mol. The van der Waals surface area contributed by atoms with Crippen LogP contribution in [0.15, 0.2) is 10.7 Å². The van der Waals surface area contributed by atoms with Crippen molar-refractivity contribution in [1.82, 2.24) is 9.97 Å². The van der Waals surface area contributed by atoms with E-state index in [1.54, 1.807) is 6.07 Å². The van der Waals surface area contributed by atoms with Crippen LogP contribution in [0.2, 0.25) is 0 Å². The molecule has 3 N–H and O–H groups in total. The van der Waals surface area contributed by atoms with Crippen molar-refractivity contribution in [1.29, 1.82) is 0 Å². The maximum Gasteiger partial charge on any atom is 0.225 e. The largest absolute Gasteiger partial charge is 0.383 e. The molecular formula is C14H23BrN4. The smallest absolute Gasteiger partial charge is 0.225 e. The van der Waals surface area contributed by atoms with Crippen molar-refractivity contribution in [2.75, 3.05) is 17.6 Å². The molecule has 0 bridgehead atoms. The molecule has 1 fully saturated rings. The van der Waals surface area contributed by atoms with Crippen LogP contribution in [0.5, 0.6) is 0 Å². The Morgan fingerprint density at radius 2 is 2.05 bits per heavy atom. The standard InChI is InChI=1S/C14H23BrN4/c1-10(2)8-14(5-3-4-6-14)9-17-13-18-11(15)7-12(16)19-13/h7,10H,3-6,8-9H2,1-2H3,(H3,16,17,18,19). The summed E-state index contributed by atoms with van der Waals surface area (Å²) in [6, 6.07) is 1.71. The minimum atomic E-state index is 0.411. The third-order valence-electron chi connectivity index (χ3n) is 3.84. The summed E-state index contributed by atoms with van der Waals surface area (Å²) in [4.78, 5) is 8.55. The van der Waals surface area contributed by atoms with E-state index in [9.17, 15) is 0 Å². The molecule has 4 nitrogen and oxygen atoms in total. The summed E-state index contributed by atoms with van der Waals surface area (Å²) in [6.07, 6.45) is 6.57. The first-order valence-electron chi connectivity index (χ1n) is 7.03. The van der Waals surface area contributed by atoms with Crippen molar-refractivity contribution in [2.45, 2.75) is 46.0 Å². The maximum absolute atomic E-state index is 5.74. The summed E-state index contributed by atoms with van der Waals surface area (Å²) in [5, 5.41) is 3.38. The van der Waals surface area contributed by atoms with Crippen LogP contribution in [0.4, 0.5) is 11.8 Å². The van der Waals surface area contributed by atoms with Gasteiger partial charge in [-0.05, 0) is 46.5 Å². The SMILES string of the molecule is CC(C)CC1(CNc2nc(N)cc(Br)n2)CCCC1. The van der Waals surface area contributed by atoms with Gasteiger partial charge in [0.15, 0.2) is 0 Å². The number of hydrogen-bond donors (Lipinski definition) is 2. The second kappa shape index (κ2) is 6.07. The lowest BCUT2D eigenvalue weighted by atomic mass is 9.78. The Morgan fingerprint density at radius 1 is 1.37 bits per heavy atom. The second-order valence-electron chi connectivity index (χ2n) is 6.10. The van der Waals surface area contributed by atoms with E-state index in [4.69, 9.17) is 5.73 Å². The molecule has 0 saturated heterocycles. The minimum Gasteiger partial charge on any atom is -0.383 e. The van der Waals surface area contributed by atoms with Gasteiger partial charge >= 0.3 is 0 Å². The van der Waals surface area contributed by atoms with Crippen molar-refractivity contribution >= 4 is 27.7 Å². The van der Waals surface area contributed by atoms with Crippen LogP contribution in [-0.4, -0.2) is 16.5 Å². The third kappa shape index (κ3) is 4.06. The number of anilines is 2. The summed E-state index contributed by atoms with van der Waals surface area (Å²) >= 11 is 3.35. The van der Waals surface area contributed by atoms with Gasteiger partial charge in [-0.1, -0.05) is 26.7 Å². The molecule has 0 atom stereocenters. The highest BCUT2D eigenvalue weighted by Gasteiger charge is 2.34. The number of halogens is 1. The molecule has 0 aromatic carbocycles. The Morgan fingerprint density at radius 3 is 2.63 bits per heavy atom. The van der Waals surface area contributed by atoms with Gasteiger partial charge in [0, 0.05) is 12.6 Å². The van der Waals surface area contributed by atoms with E-state index in [1.165, 1.54) is 32.1 Å². The molecule has 2 rings (SSSR count). The number of hydrogen-bond acceptors (Lipinski definition) is 4. The summed E-state index contributed by atoms with van der Waals surface area (Å²) in [5.74, 6) is 1.85. The Bertz CT molecular complexity index is 407. The minimum absolute atomic E-state index is 0.411. The molecule has 1 aromatic rings. The van der Waals surface area contributed by atoms with E-state index in [-0.39, 0.29) is 0 Å². The molecule has 1 heterocycles. The van der Waals surface area contributed by atoms with E-state index < -0.39 is 0 Å². The molecule has 0 radical (unpaired) electrons. The van der Waals surface area contributed by atoms with E-state index in [2.05, 4.69) is 45.1 Å². The van der Waals surface area contributed by atoms with E-state index in [0.29, 0.717) is 17.2 Å². The van der Waals surface area contributed by atoms with Crippen molar-refractivity contribution in [3.05, 3.63) is 10.7 Å². The summed E-state index contributed by atoms with van der Waals surface area (Å²) < 4.78 is 0.729. The van der Waals surface area contributed by atoms with Crippen molar-refractivity contribution in [3.8, 4) is 0 Å². The average Bonchev–Trinajstić information content (AvgIpc) is 2.73. The van der Waals surface area contributed by atoms with Crippen molar-refractivity contribution in [3.63, 3.8) is 0 Å². The molecule has 0 unspecified atom stereocenters. The van der Waals surface area contributed by atoms with Crippen LogP contribution < -0.4 is 11.1 Å². The van der Waals surface area contributed by atoms with Gasteiger partial charge in [0.2, 0.25) is 5.95 Å². The predicted octanol–water partition coefficient (Wildman–Crippen LogP) is 3.84. The Kier molecular flexibility index (Phi) is 4.66. The summed E-state index contributed by atoms with van der Waals surface area (Å²) in [5.41, 5.74) is 6.15. The zero-order valence-electron chi connectivity index (χ0n) is 11.7. The van der Waals surface area contributed by atoms with Crippen LogP contribution >= 0.6 is 15.9 Å². The van der Waals surface area contributed by atoms with Gasteiger partial charge in [-0.25, -0.2) is 4.98 Å². The van der Waals surface area contributed by atoms with Crippen molar-refractivity contribution in [2.24, 2.45) is 11.3 Å². The molecule has 0 amide bonds. The van der Waals surface area contributed by atoms with Gasteiger partial charge in [-0.3, -0.25) is 0 Å². The molecule has 1 aliphatic carbocycles. The van der Waals surface area contributed by atoms with Crippen LogP contribution in [0, 0.1) is 11.3 Å². The van der Waals surface area contributed by atoms with Gasteiger partial charge in [-0.15, -0.1) is 0 Å². The Labute approximate surface area is 123 Å². The zero-order valence-corrected chi connectivity index (χ0v) is 13.3. The first-order chi connectivity index (χ1) is 8.99. The molecular weight excluding hydrogens is 304 g/mol. The van der Waals surface area contributed by atoms with Crippen LogP contribution in [0.25, 0.3) is 0 Å². The number of nitrogens with one attached hydrogen (secondary N) is 1. The number of aromatic nitrogens is 2. The monoisotopic (exact) mass is 326 g/mol. The van der Waals surface area contributed by atoms with E-state index in [0.717, 1.165) is 17.1 Å². The second-order valence-corrected chi connectivity index (χ2v) is 6.91. The first-order valence-corrected chi connectivity index (χ1v) is 7.82. The fourth-order valence-electron chi connectivity index (χ4n) is 3.22.